The van der Waals surface area contributed by atoms with Crippen molar-refractivity contribution in [2.24, 2.45) is 0 Å². The molecule has 10 nitrogen and oxygen atoms in total. The van der Waals surface area contributed by atoms with E-state index < -0.39 is 35.6 Å². The summed E-state index contributed by atoms with van der Waals surface area (Å²) in [5.74, 6) is -0.462. The van der Waals surface area contributed by atoms with Crippen molar-refractivity contribution < 1.29 is 34.1 Å². The molecule has 3 amide bonds. The van der Waals surface area contributed by atoms with Crippen LogP contribution in [-0.2, 0) is 20.7 Å². The van der Waals surface area contributed by atoms with Gasteiger partial charge in [-0.3, -0.25) is 9.59 Å². The molecule has 0 saturated carbocycles. The van der Waals surface area contributed by atoms with Crippen molar-refractivity contribution >= 4 is 23.6 Å². The molecule has 3 aromatic rings. The minimum atomic E-state index is -1.24. The molecule has 3 aromatic carbocycles. The van der Waals surface area contributed by atoms with Gasteiger partial charge < -0.3 is 35.2 Å². The SMILES string of the molecule is CCCCCCCN(C(=O)C(Cc1ccc(O)cc1)NC(=O)OC(C)(C)C)C(C(=O)Nc1ccc(OC)cc1)c1cccc(C)c1O. The van der Waals surface area contributed by atoms with Gasteiger partial charge in [0.25, 0.3) is 5.91 Å². The van der Waals surface area contributed by atoms with Crippen molar-refractivity contribution in [1.82, 2.24) is 10.2 Å². The standard InChI is InChI=1S/C37H49N3O7/c1-7-8-9-10-11-23-40(35(44)31(39-36(45)47-37(3,4)5)24-26-15-19-28(41)20-16-26)32(30-14-12-13-25(2)33(30)42)34(43)38-27-17-21-29(46-6)22-18-27/h12-22,31-32,41-42H,7-11,23-24H2,1-6H3,(H,38,43)(H,39,45). The van der Waals surface area contributed by atoms with Crippen molar-refractivity contribution in [3.8, 4) is 17.2 Å². The Hall–Kier alpha value is -4.73. The molecule has 0 bridgehead atoms. The van der Waals surface area contributed by atoms with E-state index in [4.69, 9.17) is 9.47 Å². The van der Waals surface area contributed by atoms with Gasteiger partial charge in [-0.15, -0.1) is 0 Å². The second kappa shape index (κ2) is 17.3. The van der Waals surface area contributed by atoms with E-state index in [1.165, 1.54) is 17.0 Å². The van der Waals surface area contributed by atoms with Crippen molar-refractivity contribution in [3.63, 3.8) is 0 Å². The van der Waals surface area contributed by atoms with Crippen molar-refractivity contribution in [1.29, 1.82) is 0 Å². The van der Waals surface area contributed by atoms with E-state index in [0.717, 1.165) is 25.7 Å². The molecule has 0 aliphatic carbocycles. The highest BCUT2D eigenvalue weighted by atomic mass is 16.6. The summed E-state index contributed by atoms with van der Waals surface area (Å²) in [7, 11) is 1.55. The van der Waals surface area contributed by atoms with Crippen LogP contribution in [0, 0.1) is 6.92 Å². The maximum Gasteiger partial charge on any atom is 0.408 e. The molecular formula is C37H49N3O7. The van der Waals surface area contributed by atoms with Gasteiger partial charge in [0, 0.05) is 24.2 Å². The van der Waals surface area contributed by atoms with Gasteiger partial charge >= 0.3 is 6.09 Å². The van der Waals surface area contributed by atoms with Crippen molar-refractivity contribution in [2.45, 2.75) is 90.8 Å². The highest BCUT2D eigenvalue weighted by Crippen LogP contribution is 2.34. The number of phenolic OH excluding ortho intramolecular Hbond substituents is 2. The van der Waals surface area contributed by atoms with E-state index in [1.807, 2.05) is 0 Å². The molecule has 0 heterocycles. The van der Waals surface area contributed by atoms with Crippen LogP contribution < -0.4 is 15.4 Å². The van der Waals surface area contributed by atoms with Crippen molar-refractivity contribution in [2.75, 3.05) is 19.0 Å². The summed E-state index contributed by atoms with van der Waals surface area (Å²) in [6.07, 6.45) is 3.76. The van der Waals surface area contributed by atoms with Crippen LogP contribution in [0.25, 0.3) is 0 Å². The Labute approximate surface area is 278 Å². The molecule has 47 heavy (non-hydrogen) atoms. The average molecular weight is 648 g/mol. The van der Waals surface area contributed by atoms with Crippen LogP contribution in [0.2, 0.25) is 0 Å². The normalized spacial score (nSPS) is 12.5. The van der Waals surface area contributed by atoms with Crippen LogP contribution in [0.5, 0.6) is 17.2 Å². The summed E-state index contributed by atoms with van der Waals surface area (Å²) in [5.41, 5.74) is 1.16. The highest BCUT2D eigenvalue weighted by Gasteiger charge is 2.37. The van der Waals surface area contributed by atoms with Gasteiger partial charge in [0.15, 0.2) is 0 Å². The van der Waals surface area contributed by atoms with E-state index >= 15 is 0 Å². The first kappa shape index (κ1) is 36.7. The fourth-order valence-corrected chi connectivity index (χ4v) is 5.21. The summed E-state index contributed by atoms with van der Waals surface area (Å²) in [6, 6.07) is 15.9. The fourth-order valence-electron chi connectivity index (χ4n) is 5.21. The summed E-state index contributed by atoms with van der Waals surface area (Å²) < 4.78 is 10.8. The molecule has 2 unspecified atom stereocenters. The lowest BCUT2D eigenvalue weighted by Crippen LogP contribution is -2.53. The second-order valence-electron chi connectivity index (χ2n) is 12.6. The van der Waals surface area contributed by atoms with Gasteiger partial charge in [-0.05, 0) is 81.6 Å². The number of nitrogens with zero attached hydrogens (tertiary/aromatic N) is 1. The largest absolute Gasteiger partial charge is 0.508 e. The Morgan fingerprint density at radius 3 is 2.17 bits per heavy atom. The fraction of sp³-hybridized carbons (Fsp3) is 0.432. The molecule has 0 spiro atoms. The lowest BCUT2D eigenvalue weighted by molar-refractivity contribution is -0.141. The Kier molecular flexibility index (Phi) is 13.5. The first-order chi connectivity index (χ1) is 22.3. The number of phenols is 2. The van der Waals surface area contributed by atoms with E-state index in [0.29, 0.717) is 29.0 Å². The van der Waals surface area contributed by atoms with Crippen LogP contribution in [0.1, 0.15) is 82.5 Å². The number of carbonyl (C=O) groups is 3. The number of anilines is 1. The molecule has 0 aromatic heterocycles. The lowest BCUT2D eigenvalue weighted by atomic mass is 9.97. The van der Waals surface area contributed by atoms with Crippen LogP contribution >= 0.6 is 0 Å². The molecule has 0 radical (unpaired) electrons. The number of hydrogen-bond acceptors (Lipinski definition) is 7. The number of rotatable bonds is 15. The highest BCUT2D eigenvalue weighted by molar-refractivity contribution is 5.99. The van der Waals surface area contributed by atoms with E-state index in [1.54, 1.807) is 89.4 Å². The number of methoxy groups -OCH3 is 1. The minimum absolute atomic E-state index is 0.0654. The summed E-state index contributed by atoms with van der Waals surface area (Å²) in [4.78, 5) is 43.5. The predicted octanol–water partition coefficient (Wildman–Crippen LogP) is 7.03. The topological polar surface area (TPSA) is 137 Å². The maximum atomic E-state index is 14.7. The number of aryl methyl sites for hydroxylation is 1. The van der Waals surface area contributed by atoms with Gasteiger partial charge in [0.1, 0.15) is 34.9 Å². The van der Waals surface area contributed by atoms with E-state index in [9.17, 15) is 24.6 Å². The molecule has 3 rings (SSSR count). The number of benzene rings is 3. The Morgan fingerprint density at radius 2 is 1.55 bits per heavy atom. The molecule has 10 heteroatoms. The molecule has 0 fully saturated rings. The molecule has 0 aliphatic heterocycles. The summed E-state index contributed by atoms with van der Waals surface area (Å²) >= 11 is 0. The first-order valence-corrected chi connectivity index (χ1v) is 16.1. The third-order valence-corrected chi connectivity index (χ3v) is 7.63. The summed E-state index contributed by atoms with van der Waals surface area (Å²) in [6.45, 7) is 9.22. The molecule has 2 atom stereocenters. The number of hydrogen-bond donors (Lipinski definition) is 4. The van der Waals surface area contributed by atoms with Gasteiger partial charge in [0.05, 0.1) is 7.11 Å². The zero-order valence-corrected chi connectivity index (χ0v) is 28.3. The third kappa shape index (κ3) is 11.2. The number of unbranched alkanes of at least 4 members (excludes halogenated alkanes) is 4. The maximum absolute atomic E-state index is 14.7. The number of para-hydroxylation sites is 1. The van der Waals surface area contributed by atoms with E-state index in [-0.39, 0.29) is 30.0 Å². The van der Waals surface area contributed by atoms with Gasteiger partial charge in [-0.25, -0.2) is 4.79 Å². The molecule has 254 valence electrons. The van der Waals surface area contributed by atoms with Crippen LogP contribution in [0.15, 0.2) is 66.7 Å². The average Bonchev–Trinajstić information content (AvgIpc) is 3.02. The Bertz CT molecular complexity index is 1470. The predicted molar refractivity (Wildman–Crippen MR) is 183 cm³/mol. The van der Waals surface area contributed by atoms with Crippen LogP contribution in [0.3, 0.4) is 0 Å². The molecule has 4 N–H and O–H groups in total. The minimum Gasteiger partial charge on any atom is -0.508 e. The van der Waals surface area contributed by atoms with Gasteiger partial charge in [-0.1, -0.05) is 62.9 Å². The third-order valence-electron chi connectivity index (χ3n) is 7.63. The van der Waals surface area contributed by atoms with Crippen LogP contribution in [-0.4, -0.2) is 58.3 Å². The molecule has 0 aliphatic rings. The van der Waals surface area contributed by atoms with Crippen molar-refractivity contribution in [3.05, 3.63) is 83.4 Å². The number of ether oxygens (including phenoxy) is 2. The number of nitrogens with one attached hydrogen (secondary N) is 2. The molecule has 0 saturated heterocycles. The van der Waals surface area contributed by atoms with E-state index in [2.05, 4.69) is 17.6 Å². The summed E-state index contributed by atoms with van der Waals surface area (Å²) in [5, 5.41) is 26.7. The first-order valence-electron chi connectivity index (χ1n) is 16.1. The number of alkyl carbamates (subject to hydrolysis) is 1. The monoisotopic (exact) mass is 647 g/mol. The number of amides is 3. The van der Waals surface area contributed by atoms with Gasteiger partial charge in [0.2, 0.25) is 5.91 Å². The smallest absolute Gasteiger partial charge is 0.408 e. The number of carbonyl (C=O) groups excluding carboxylic acids is 3. The van der Waals surface area contributed by atoms with Gasteiger partial charge in [-0.2, -0.15) is 0 Å². The number of aromatic hydroxyl groups is 2. The lowest BCUT2D eigenvalue weighted by Gasteiger charge is -2.35. The Morgan fingerprint density at radius 1 is 0.894 bits per heavy atom. The quantitative estimate of drug-likeness (QED) is 0.130. The zero-order chi connectivity index (χ0) is 34.6. The zero-order valence-electron chi connectivity index (χ0n) is 28.3. The second-order valence-corrected chi connectivity index (χ2v) is 12.6. The van der Waals surface area contributed by atoms with Crippen LogP contribution in [0.4, 0.5) is 10.5 Å². The molecular weight excluding hydrogens is 598 g/mol. The Balaban J connectivity index is 2.10.